The van der Waals surface area contributed by atoms with E-state index < -0.39 is 0 Å². The SMILES string of the molecule is CCOc1cc2occ(-c3ccc(C)cc3)c2cc1/C(C)=C/C(=O)N1CCN(c2ccccc2)CC1. The predicted molar refractivity (Wildman–Crippen MR) is 146 cm³/mol. The number of fused-ring (bicyclic) bond motifs is 1. The molecule has 1 saturated heterocycles. The summed E-state index contributed by atoms with van der Waals surface area (Å²) in [5, 5.41) is 1.01. The van der Waals surface area contributed by atoms with Crippen LogP contribution in [0.1, 0.15) is 25.0 Å². The summed E-state index contributed by atoms with van der Waals surface area (Å²) in [6, 6.07) is 22.8. The monoisotopic (exact) mass is 480 g/mol. The van der Waals surface area contributed by atoms with Crippen LogP contribution in [-0.4, -0.2) is 43.6 Å². The minimum absolute atomic E-state index is 0.0358. The fourth-order valence-electron chi connectivity index (χ4n) is 4.77. The summed E-state index contributed by atoms with van der Waals surface area (Å²) in [6.07, 6.45) is 3.54. The van der Waals surface area contributed by atoms with E-state index in [0.29, 0.717) is 19.7 Å². The maximum atomic E-state index is 13.2. The Labute approximate surface area is 212 Å². The van der Waals surface area contributed by atoms with Gasteiger partial charge >= 0.3 is 0 Å². The first kappa shape index (κ1) is 23.7. The van der Waals surface area contributed by atoms with Crippen molar-refractivity contribution >= 4 is 28.1 Å². The van der Waals surface area contributed by atoms with Gasteiger partial charge in [0.1, 0.15) is 11.3 Å². The molecule has 3 aromatic carbocycles. The molecule has 0 aliphatic carbocycles. The Bertz CT molecular complexity index is 1380. The molecule has 1 aromatic heterocycles. The van der Waals surface area contributed by atoms with Crippen molar-refractivity contribution in [2.75, 3.05) is 37.7 Å². The predicted octanol–water partition coefficient (Wildman–Crippen LogP) is 6.56. The van der Waals surface area contributed by atoms with Crippen molar-refractivity contribution in [3.63, 3.8) is 0 Å². The number of hydrogen-bond donors (Lipinski definition) is 0. The first-order valence-electron chi connectivity index (χ1n) is 12.6. The molecule has 0 atom stereocenters. The van der Waals surface area contributed by atoms with Crippen molar-refractivity contribution in [1.82, 2.24) is 4.90 Å². The summed E-state index contributed by atoms with van der Waals surface area (Å²) in [7, 11) is 0. The van der Waals surface area contributed by atoms with Gasteiger partial charge in [-0.05, 0) is 50.1 Å². The summed E-state index contributed by atoms with van der Waals surface area (Å²) in [4.78, 5) is 17.5. The third kappa shape index (κ3) is 4.87. The van der Waals surface area contributed by atoms with Crippen molar-refractivity contribution in [2.45, 2.75) is 20.8 Å². The lowest BCUT2D eigenvalue weighted by molar-refractivity contribution is -0.126. The number of anilines is 1. The zero-order valence-corrected chi connectivity index (χ0v) is 21.2. The number of carbonyl (C=O) groups is 1. The number of ether oxygens (including phenoxy) is 1. The summed E-state index contributed by atoms with van der Waals surface area (Å²) in [5.74, 6) is 0.763. The van der Waals surface area contributed by atoms with E-state index in [2.05, 4.69) is 66.4 Å². The molecule has 184 valence electrons. The van der Waals surface area contributed by atoms with E-state index in [9.17, 15) is 4.79 Å². The molecule has 0 N–H and O–H groups in total. The molecular formula is C31H32N2O3. The van der Waals surface area contributed by atoms with Crippen molar-refractivity contribution in [1.29, 1.82) is 0 Å². The van der Waals surface area contributed by atoms with Crippen LogP contribution in [-0.2, 0) is 4.79 Å². The van der Waals surface area contributed by atoms with Crippen LogP contribution in [0.2, 0.25) is 0 Å². The van der Waals surface area contributed by atoms with Crippen LogP contribution in [0.4, 0.5) is 5.69 Å². The molecule has 4 aromatic rings. The smallest absolute Gasteiger partial charge is 0.246 e. The lowest BCUT2D eigenvalue weighted by Gasteiger charge is -2.35. The Hall–Kier alpha value is -3.99. The Morgan fingerprint density at radius 1 is 1.00 bits per heavy atom. The topological polar surface area (TPSA) is 45.9 Å². The van der Waals surface area contributed by atoms with Gasteiger partial charge in [0.25, 0.3) is 0 Å². The van der Waals surface area contributed by atoms with Gasteiger partial charge in [0.05, 0.1) is 12.9 Å². The number of allylic oxidation sites excluding steroid dienone is 1. The fraction of sp³-hybridized carbons (Fsp3) is 0.258. The van der Waals surface area contributed by atoms with E-state index in [1.807, 2.05) is 30.9 Å². The van der Waals surface area contributed by atoms with Gasteiger partial charge in [-0.1, -0.05) is 48.0 Å². The fourth-order valence-corrected chi connectivity index (χ4v) is 4.77. The largest absolute Gasteiger partial charge is 0.493 e. The van der Waals surface area contributed by atoms with Gasteiger partial charge in [-0.2, -0.15) is 0 Å². The summed E-state index contributed by atoms with van der Waals surface area (Å²) < 4.78 is 11.9. The molecule has 1 aliphatic heterocycles. The van der Waals surface area contributed by atoms with Crippen LogP contribution in [0.15, 0.2) is 83.5 Å². The number of carbonyl (C=O) groups excluding carboxylic acids is 1. The second-order valence-electron chi connectivity index (χ2n) is 9.27. The van der Waals surface area contributed by atoms with Crippen molar-refractivity contribution in [3.8, 4) is 16.9 Å². The molecule has 0 spiro atoms. The van der Waals surface area contributed by atoms with Gasteiger partial charge < -0.3 is 19.0 Å². The van der Waals surface area contributed by atoms with E-state index in [4.69, 9.17) is 9.15 Å². The van der Waals surface area contributed by atoms with E-state index in [1.165, 1.54) is 11.3 Å². The second kappa shape index (κ2) is 10.3. The average molecular weight is 481 g/mol. The molecule has 5 heteroatoms. The third-order valence-electron chi connectivity index (χ3n) is 6.82. The van der Waals surface area contributed by atoms with E-state index in [0.717, 1.165) is 52.1 Å². The zero-order valence-electron chi connectivity index (χ0n) is 21.2. The molecule has 0 radical (unpaired) electrons. The molecule has 0 bridgehead atoms. The maximum absolute atomic E-state index is 13.2. The lowest BCUT2D eigenvalue weighted by atomic mass is 9.98. The highest BCUT2D eigenvalue weighted by molar-refractivity contribution is 6.00. The first-order chi connectivity index (χ1) is 17.5. The third-order valence-corrected chi connectivity index (χ3v) is 6.82. The van der Waals surface area contributed by atoms with Gasteiger partial charge in [-0.25, -0.2) is 0 Å². The molecule has 1 aliphatic rings. The normalized spacial score (nSPS) is 14.4. The van der Waals surface area contributed by atoms with Crippen LogP contribution in [0.25, 0.3) is 27.7 Å². The number of hydrogen-bond acceptors (Lipinski definition) is 4. The molecule has 0 saturated carbocycles. The van der Waals surface area contributed by atoms with Gasteiger partial charge in [0.15, 0.2) is 0 Å². The molecule has 1 amide bonds. The molecule has 1 fully saturated rings. The van der Waals surface area contributed by atoms with E-state index in [1.54, 1.807) is 12.3 Å². The molecular weight excluding hydrogens is 448 g/mol. The van der Waals surface area contributed by atoms with E-state index in [-0.39, 0.29) is 5.91 Å². The van der Waals surface area contributed by atoms with Gasteiger partial charge in [-0.3, -0.25) is 4.79 Å². The summed E-state index contributed by atoms with van der Waals surface area (Å²) in [6.45, 7) is 9.62. The van der Waals surface area contributed by atoms with Crippen LogP contribution < -0.4 is 9.64 Å². The minimum Gasteiger partial charge on any atom is -0.493 e. The molecule has 5 nitrogen and oxygen atoms in total. The van der Waals surface area contributed by atoms with Gasteiger partial charge in [0.2, 0.25) is 5.91 Å². The second-order valence-corrected chi connectivity index (χ2v) is 9.27. The first-order valence-corrected chi connectivity index (χ1v) is 12.6. The van der Waals surface area contributed by atoms with Crippen LogP contribution in [0.3, 0.4) is 0 Å². The minimum atomic E-state index is 0.0358. The quantitative estimate of drug-likeness (QED) is 0.293. The highest BCUT2D eigenvalue weighted by Gasteiger charge is 2.21. The van der Waals surface area contributed by atoms with Crippen LogP contribution >= 0.6 is 0 Å². The highest BCUT2D eigenvalue weighted by Crippen LogP contribution is 2.37. The highest BCUT2D eigenvalue weighted by atomic mass is 16.5. The number of rotatable bonds is 6. The Kier molecular flexibility index (Phi) is 6.81. The standard InChI is InChI=1S/C31H32N2O3/c1-4-35-29-20-30-27(28(21-36-30)24-12-10-22(2)11-13-24)19-26(29)23(3)18-31(34)33-16-14-32(15-17-33)25-8-6-5-7-9-25/h5-13,18-21H,4,14-17H2,1-3H3/b23-18+. The van der Waals surface area contributed by atoms with Crippen molar-refractivity contribution < 1.29 is 13.9 Å². The van der Waals surface area contributed by atoms with Crippen molar-refractivity contribution in [2.24, 2.45) is 0 Å². The number of amides is 1. The number of nitrogens with zero attached hydrogens (tertiary/aromatic N) is 2. The average Bonchev–Trinajstić information content (AvgIpc) is 3.32. The Morgan fingerprint density at radius 3 is 2.42 bits per heavy atom. The number of piperazine rings is 1. The van der Waals surface area contributed by atoms with Crippen LogP contribution in [0, 0.1) is 6.92 Å². The molecule has 5 rings (SSSR count). The molecule has 36 heavy (non-hydrogen) atoms. The number of benzene rings is 3. The van der Waals surface area contributed by atoms with E-state index >= 15 is 0 Å². The number of para-hydroxylation sites is 1. The van der Waals surface area contributed by atoms with Crippen molar-refractivity contribution in [3.05, 3.63) is 90.2 Å². The summed E-state index contributed by atoms with van der Waals surface area (Å²) >= 11 is 0. The maximum Gasteiger partial charge on any atom is 0.246 e. The number of aryl methyl sites for hydroxylation is 1. The van der Waals surface area contributed by atoms with Gasteiger partial charge in [0, 0.05) is 60.5 Å². The zero-order chi connectivity index (χ0) is 25.1. The van der Waals surface area contributed by atoms with Crippen LogP contribution in [0.5, 0.6) is 5.75 Å². The molecule has 2 heterocycles. The molecule has 0 unspecified atom stereocenters. The Balaban J connectivity index is 1.40. The lowest BCUT2D eigenvalue weighted by Crippen LogP contribution is -2.48. The number of furan rings is 1. The summed E-state index contributed by atoms with van der Waals surface area (Å²) in [5.41, 5.74) is 7.12. The van der Waals surface area contributed by atoms with Gasteiger partial charge in [-0.15, -0.1) is 0 Å². The Morgan fingerprint density at radius 2 is 1.72 bits per heavy atom.